The number of aromatic nitrogens is 2. The lowest BCUT2D eigenvalue weighted by atomic mass is 9.95. The second-order valence-corrected chi connectivity index (χ2v) is 16.9. The Morgan fingerprint density at radius 3 is 1.74 bits per heavy atom. The number of hydrogen-bond acceptors (Lipinski definition) is 8. The molecule has 2 unspecified atom stereocenters. The van der Waals surface area contributed by atoms with Gasteiger partial charge in [0.25, 0.3) is 0 Å². The third kappa shape index (κ3) is 7.72. The summed E-state index contributed by atoms with van der Waals surface area (Å²) in [5.74, 6) is 7.91. The first-order valence-electron chi connectivity index (χ1n) is 20.3. The predicted octanol–water partition coefficient (Wildman–Crippen LogP) is 5.97. The normalized spacial score (nSPS) is 24.8. The van der Waals surface area contributed by atoms with E-state index in [9.17, 15) is 19.2 Å². The average molecular weight is 786 g/mol. The van der Waals surface area contributed by atoms with Crippen molar-refractivity contribution in [1.82, 2.24) is 30.4 Å². The smallest absolute Gasteiger partial charge is 0.407 e. The minimum Gasteiger partial charge on any atom is -0.453 e. The molecule has 1 aromatic heterocycles. The summed E-state index contributed by atoms with van der Waals surface area (Å²) in [5, 5.41) is 5.49. The fourth-order valence-electron chi connectivity index (χ4n) is 8.95. The molecule has 302 valence electrons. The van der Waals surface area contributed by atoms with Gasteiger partial charge in [0, 0.05) is 41.4 Å². The molecule has 4 fully saturated rings. The number of carbonyl (C=O) groups excluding carboxylic acids is 4. The molecule has 2 aromatic carbocycles. The van der Waals surface area contributed by atoms with Crippen molar-refractivity contribution in [3.8, 4) is 23.2 Å². The van der Waals surface area contributed by atoms with E-state index in [1.807, 2.05) is 98.4 Å². The number of ether oxygens (including phenoxy) is 2. The Morgan fingerprint density at radius 2 is 1.22 bits per heavy atom. The van der Waals surface area contributed by atoms with Crippen molar-refractivity contribution in [2.45, 2.75) is 96.1 Å². The number of nitrogens with zero attached hydrogens (tertiary/aromatic N) is 4. The number of nitrogens with one attached hydrogen (secondary N) is 3. The third-order valence-corrected chi connectivity index (χ3v) is 12.4. The van der Waals surface area contributed by atoms with Gasteiger partial charge in [-0.1, -0.05) is 63.8 Å². The highest BCUT2D eigenvalue weighted by atomic mass is 16.5. The highest BCUT2D eigenvalue weighted by Gasteiger charge is 2.57. The molecule has 3 aromatic rings. The zero-order chi connectivity index (χ0) is 40.8. The van der Waals surface area contributed by atoms with Crippen molar-refractivity contribution in [3.05, 3.63) is 88.9 Å². The van der Waals surface area contributed by atoms with E-state index in [4.69, 9.17) is 14.5 Å². The molecular weight excluding hydrogens is 735 g/mol. The molecular formula is C45H51N7O6. The minimum absolute atomic E-state index is 0.0239. The first-order valence-corrected chi connectivity index (χ1v) is 20.3. The Kier molecular flexibility index (Phi) is 10.6. The number of piperidine rings is 2. The number of imidazole rings is 1. The van der Waals surface area contributed by atoms with Gasteiger partial charge in [0.15, 0.2) is 0 Å². The van der Waals surface area contributed by atoms with Gasteiger partial charge < -0.3 is 34.9 Å². The number of likely N-dealkylation sites (tertiary alicyclic amines) is 2. The van der Waals surface area contributed by atoms with Gasteiger partial charge in [0.1, 0.15) is 17.9 Å². The largest absolute Gasteiger partial charge is 0.453 e. The molecule has 4 amide bonds. The summed E-state index contributed by atoms with van der Waals surface area (Å²) in [5.41, 5.74) is 6.67. The number of benzene rings is 2. The molecule has 3 aliphatic heterocycles. The van der Waals surface area contributed by atoms with Crippen LogP contribution in [0, 0.1) is 35.5 Å². The maximum Gasteiger partial charge on any atom is 0.407 e. The number of H-pyrrole nitrogens is 1. The molecule has 2 saturated heterocycles. The first kappa shape index (κ1) is 38.9. The topological polar surface area (TPSA) is 158 Å². The highest BCUT2D eigenvalue weighted by Crippen LogP contribution is 2.54. The van der Waals surface area contributed by atoms with Crippen molar-refractivity contribution in [2.75, 3.05) is 14.2 Å². The monoisotopic (exact) mass is 785 g/mol. The van der Waals surface area contributed by atoms with E-state index in [1.54, 1.807) is 0 Å². The SMILES string of the molecule is COC(=O)N[C@H](C(=O)N1C(C2=CN=C(c3ccc(C#Cc4ccc(-c5ncc(C6C[C@H]7C[C@H]7N6C(=O)[C@@H](NC(=O)OC)C(C)C)[nH]5)cc4)cc3)C2)C[C@H]2C[C@H]21)C(C)C. The molecule has 8 rings (SSSR count). The molecule has 0 bridgehead atoms. The molecule has 2 saturated carbocycles. The van der Waals surface area contributed by atoms with E-state index in [2.05, 4.69) is 32.4 Å². The number of amides is 4. The van der Waals surface area contributed by atoms with Gasteiger partial charge in [0.2, 0.25) is 11.8 Å². The fourth-order valence-corrected chi connectivity index (χ4v) is 8.95. The Hall–Kier alpha value is -5.90. The molecule has 58 heavy (non-hydrogen) atoms. The number of aromatic amines is 1. The van der Waals surface area contributed by atoms with Gasteiger partial charge >= 0.3 is 12.2 Å². The molecule has 3 N–H and O–H groups in total. The van der Waals surface area contributed by atoms with E-state index in [1.165, 1.54) is 14.2 Å². The predicted molar refractivity (Wildman–Crippen MR) is 217 cm³/mol. The highest BCUT2D eigenvalue weighted by molar-refractivity contribution is 6.04. The minimum atomic E-state index is -0.669. The van der Waals surface area contributed by atoms with Crippen LogP contribution in [-0.2, 0) is 19.1 Å². The van der Waals surface area contributed by atoms with Crippen LogP contribution < -0.4 is 10.6 Å². The number of aliphatic imine (C=N–C) groups is 1. The summed E-state index contributed by atoms with van der Waals surface area (Å²) in [6.07, 6.45) is 6.98. The average Bonchev–Trinajstić information content (AvgIpc) is 3.81. The Labute approximate surface area is 339 Å². The second kappa shape index (κ2) is 15.8. The van der Waals surface area contributed by atoms with Gasteiger partial charge in [0.05, 0.1) is 43.9 Å². The van der Waals surface area contributed by atoms with Crippen LogP contribution in [0.15, 0.2) is 71.5 Å². The van der Waals surface area contributed by atoms with Crippen molar-refractivity contribution >= 4 is 29.7 Å². The van der Waals surface area contributed by atoms with Crippen molar-refractivity contribution < 1.29 is 28.7 Å². The summed E-state index contributed by atoms with van der Waals surface area (Å²) in [6, 6.07) is 15.0. The summed E-state index contributed by atoms with van der Waals surface area (Å²) in [7, 11) is 2.61. The van der Waals surface area contributed by atoms with E-state index in [0.717, 1.165) is 70.7 Å². The quantitative estimate of drug-likeness (QED) is 0.214. The molecule has 0 radical (unpaired) electrons. The van der Waals surface area contributed by atoms with Crippen LogP contribution in [0.3, 0.4) is 0 Å². The first-order chi connectivity index (χ1) is 27.9. The van der Waals surface area contributed by atoms with Crippen LogP contribution in [0.1, 0.15) is 88.2 Å². The second-order valence-electron chi connectivity index (χ2n) is 16.9. The van der Waals surface area contributed by atoms with Crippen LogP contribution in [0.2, 0.25) is 0 Å². The van der Waals surface area contributed by atoms with Gasteiger partial charge in [-0.15, -0.1) is 0 Å². The Morgan fingerprint density at radius 1 is 0.724 bits per heavy atom. The Balaban J connectivity index is 0.877. The summed E-state index contributed by atoms with van der Waals surface area (Å²) < 4.78 is 9.59. The van der Waals surface area contributed by atoms with Crippen LogP contribution in [0.5, 0.6) is 0 Å². The van der Waals surface area contributed by atoms with Crippen LogP contribution in [-0.4, -0.2) is 93.9 Å². The number of methoxy groups -OCH3 is 2. The molecule has 4 heterocycles. The van der Waals surface area contributed by atoms with E-state index >= 15 is 0 Å². The fraction of sp³-hybridized carbons (Fsp3) is 0.467. The number of fused-ring (bicyclic) bond motifs is 2. The molecule has 8 atom stereocenters. The number of carbonyl (C=O) groups is 4. The summed E-state index contributed by atoms with van der Waals surface area (Å²) >= 11 is 0. The zero-order valence-corrected chi connectivity index (χ0v) is 33.8. The molecule has 13 nitrogen and oxygen atoms in total. The standard InChI is InChI=1S/C45H51N7O6/c1-24(2)39(49-44(55)57-5)42(53)51-35-18-30(35)20-37(51)32-17-33(46-22-32)28-13-9-26(10-14-28)7-8-27-11-15-29(16-12-27)41-47-23-34(48-41)38-21-31-19-36(31)52(38)43(54)40(25(3)4)50-45(56)58-6/h9-16,22-25,30-31,35-40H,17-21H2,1-6H3,(H,47,48)(H,49,55)(H,50,56)/t30-,31-,35-,36-,37?,38?,39+,40+/m1/s1. The van der Waals surface area contributed by atoms with E-state index in [-0.39, 0.29) is 47.8 Å². The van der Waals surface area contributed by atoms with Crippen LogP contribution >= 0.6 is 0 Å². The van der Waals surface area contributed by atoms with E-state index in [0.29, 0.717) is 18.3 Å². The maximum absolute atomic E-state index is 13.8. The molecule has 5 aliphatic rings. The Bertz CT molecular complexity index is 2210. The summed E-state index contributed by atoms with van der Waals surface area (Å²) in [6.45, 7) is 7.71. The number of alkyl carbamates (subject to hydrolysis) is 2. The number of hydrogen-bond donors (Lipinski definition) is 3. The van der Waals surface area contributed by atoms with Crippen molar-refractivity contribution in [3.63, 3.8) is 0 Å². The van der Waals surface area contributed by atoms with Gasteiger partial charge in [-0.05, 0) is 84.8 Å². The number of rotatable bonds is 10. The lowest BCUT2D eigenvalue weighted by molar-refractivity contribution is -0.137. The zero-order valence-electron chi connectivity index (χ0n) is 33.8. The van der Waals surface area contributed by atoms with Crippen molar-refractivity contribution in [1.29, 1.82) is 0 Å². The van der Waals surface area contributed by atoms with Gasteiger partial charge in [-0.25, -0.2) is 14.6 Å². The van der Waals surface area contributed by atoms with Crippen LogP contribution in [0.25, 0.3) is 11.4 Å². The molecule has 13 heteroatoms. The third-order valence-electron chi connectivity index (χ3n) is 12.4. The van der Waals surface area contributed by atoms with E-state index < -0.39 is 24.3 Å². The molecule has 0 spiro atoms. The van der Waals surface area contributed by atoms with Gasteiger partial charge in [-0.3, -0.25) is 14.6 Å². The summed E-state index contributed by atoms with van der Waals surface area (Å²) in [4.78, 5) is 68.4. The van der Waals surface area contributed by atoms with Crippen LogP contribution in [0.4, 0.5) is 9.59 Å². The lowest BCUT2D eigenvalue weighted by Crippen LogP contribution is -2.53. The lowest BCUT2D eigenvalue weighted by Gasteiger charge is -2.33. The molecule has 2 aliphatic carbocycles. The van der Waals surface area contributed by atoms with Gasteiger partial charge in [-0.2, -0.15) is 0 Å². The maximum atomic E-state index is 13.8. The van der Waals surface area contributed by atoms with Crippen molar-refractivity contribution in [2.24, 2.45) is 28.7 Å².